The third-order valence-electron chi connectivity index (χ3n) is 1.86. The number of nitro groups is 1. The summed E-state index contributed by atoms with van der Waals surface area (Å²) in [6, 6.07) is 2.98. The van der Waals surface area contributed by atoms with Gasteiger partial charge in [-0.25, -0.2) is 0 Å². The first kappa shape index (κ1) is 11.1. The quantitative estimate of drug-likeness (QED) is 0.365. The zero-order valence-corrected chi connectivity index (χ0v) is 9.86. The molecule has 14 heavy (non-hydrogen) atoms. The first-order valence-corrected chi connectivity index (χ1v) is 4.97. The Hall–Kier alpha value is -0.980. The highest BCUT2D eigenvalue weighted by Crippen LogP contribution is 2.24. The van der Waals surface area contributed by atoms with Crippen LogP contribution in [0.2, 0.25) is 0 Å². The number of rotatable bonds is 2. The van der Waals surface area contributed by atoms with Crippen molar-refractivity contribution in [3.63, 3.8) is 0 Å². The largest absolute Gasteiger partial charge is 0.294 e. The van der Waals surface area contributed by atoms with Gasteiger partial charge in [0, 0.05) is 20.8 Å². The first-order chi connectivity index (χ1) is 6.43. The summed E-state index contributed by atoms with van der Waals surface area (Å²) in [4.78, 5) is 21.3. The molecule has 0 saturated heterocycles. The second-order valence-electron chi connectivity index (χ2n) is 2.93. The molecule has 1 rings (SSSR count). The Morgan fingerprint density at radius 1 is 1.50 bits per heavy atom. The number of benzene rings is 1. The lowest BCUT2D eigenvalue weighted by molar-refractivity contribution is -0.385. The predicted octanol–water partition coefficient (Wildman–Crippen LogP) is 2.71. The molecule has 0 radical (unpaired) electrons. The van der Waals surface area contributed by atoms with Gasteiger partial charge in [0.1, 0.15) is 0 Å². The molecular formula is C9H8INO3. The standard InChI is InChI=1S/C9H8INO3/c1-5-3-7(6(2)12)8(10)4-9(5)11(13)14/h3-4H,1-2H3. The molecule has 0 heterocycles. The van der Waals surface area contributed by atoms with Crippen LogP contribution >= 0.6 is 22.6 Å². The van der Waals surface area contributed by atoms with E-state index in [1.54, 1.807) is 13.0 Å². The van der Waals surface area contributed by atoms with Gasteiger partial charge in [0.05, 0.1) is 4.92 Å². The van der Waals surface area contributed by atoms with Gasteiger partial charge in [0.2, 0.25) is 0 Å². The molecule has 0 aliphatic carbocycles. The third kappa shape index (κ3) is 2.09. The van der Waals surface area contributed by atoms with Crippen LogP contribution in [0.3, 0.4) is 0 Å². The minimum absolute atomic E-state index is 0.0550. The highest BCUT2D eigenvalue weighted by atomic mass is 127. The van der Waals surface area contributed by atoms with E-state index in [0.29, 0.717) is 14.7 Å². The Morgan fingerprint density at radius 3 is 2.50 bits per heavy atom. The van der Waals surface area contributed by atoms with Gasteiger partial charge in [-0.1, -0.05) is 0 Å². The van der Waals surface area contributed by atoms with E-state index in [9.17, 15) is 14.9 Å². The van der Waals surface area contributed by atoms with Gasteiger partial charge in [-0.2, -0.15) is 0 Å². The number of Topliss-reactive ketones (excluding diaryl/α,β-unsaturated/α-hetero) is 1. The van der Waals surface area contributed by atoms with Crippen molar-refractivity contribution in [1.29, 1.82) is 0 Å². The second kappa shape index (κ2) is 4.04. The van der Waals surface area contributed by atoms with Crippen molar-refractivity contribution in [1.82, 2.24) is 0 Å². The zero-order chi connectivity index (χ0) is 10.9. The maximum atomic E-state index is 11.1. The summed E-state index contributed by atoms with van der Waals surface area (Å²) in [6.07, 6.45) is 0. The molecule has 0 aliphatic heterocycles. The lowest BCUT2D eigenvalue weighted by Gasteiger charge is -2.02. The molecule has 0 atom stereocenters. The summed E-state index contributed by atoms with van der Waals surface area (Å²) in [5, 5.41) is 10.6. The smallest absolute Gasteiger partial charge is 0.273 e. The van der Waals surface area contributed by atoms with E-state index in [4.69, 9.17) is 0 Å². The van der Waals surface area contributed by atoms with Gasteiger partial charge >= 0.3 is 0 Å². The van der Waals surface area contributed by atoms with Crippen molar-refractivity contribution in [2.75, 3.05) is 0 Å². The molecular weight excluding hydrogens is 297 g/mol. The molecule has 0 unspecified atom stereocenters. The summed E-state index contributed by atoms with van der Waals surface area (Å²) in [5.41, 5.74) is 1.11. The van der Waals surface area contributed by atoms with E-state index in [0.717, 1.165) is 0 Å². The molecule has 1 aromatic carbocycles. The number of carbonyl (C=O) groups is 1. The number of aryl methyl sites for hydroxylation is 1. The molecule has 0 aliphatic rings. The van der Waals surface area contributed by atoms with E-state index in [-0.39, 0.29) is 11.5 Å². The summed E-state index contributed by atoms with van der Waals surface area (Å²) in [5.74, 6) is -0.0765. The van der Waals surface area contributed by atoms with E-state index in [2.05, 4.69) is 0 Å². The second-order valence-corrected chi connectivity index (χ2v) is 4.09. The average molecular weight is 305 g/mol. The van der Waals surface area contributed by atoms with Gasteiger partial charge in [-0.05, 0) is 42.5 Å². The maximum absolute atomic E-state index is 11.1. The molecule has 0 fully saturated rings. The maximum Gasteiger partial charge on any atom is 0.273 e. The highest BCUT2D eigenvalue weighted by Gasteiger charge is 2.15. The van der Waals surface area contributed by atoms with Crippen LogP contribution in [-0.4, -0.2) is 10.7 Å². The van der Waals surface area contributed by atoms with Crippen LogP contribution in [0.5, 0.6) is 0 Å². The number of hydrogen-bond acceptors (Lipinski definition) is 3. The predicted molar refractivity (Wildman–Crippen MR) is 60.6 cm³/mol. The zero-order valence-electron chi connectivity index (χ0n) is 7.70. The molecule has 0 bridgehead atoms. The fraction of sp³-hybridized carbons (Fsp3) is 0.222. The Balaban J connectivity index is 3.38. The normalized spacial score (nSPS) is 9.93. The molecule has 0 N–H and O–H groups in total. The van der Waals surface area contributed by atoms with Crippen LogP contribution in [-0.2, 0) is 0 Å². The molecule has 74 valence electrons. The summed E-state index contributed by atoms with van der Waals surface area (Å²) < 4.78 is 0.618. The van der Waals surface area contributed by atoms with Crippen molar-refractivity contribution in [2.45, 2.75) is 13.8 Å². The van der Waals surface area contributed by atoms with E-state index in [1.165, 1.54) is 13.0 Å². The van der Waals surface area contributed by atoms with Crippen LogP contribution in [0.4, 0.5) is 5.69 Å². The van der Waals surface area contributed by atoms with E-state index < -0.39 is 4.92 Å². The highest BCUT2D eigenvalue weighted by molar-refractivity contribution is 14.1. The van der Waals surface area contributed by atoms with Crippen molar-refractivity contribution in [2.24, 2.45) is 0 Å². The number of nitro benzene ring substituents is 1. The van der Waals surface area contributed by atoms with Crippen LogP contribution in [0.1, 0.15) is 22.8 Å². The van der Waals surface area contributed by atoms with Crippen molar-refractivity contribution in [3.05, 3.63) is 36.9 Å². The topological polar surface area (TPSA) is 60.2 Å². The summed E-state index contributed by atoms with van der Waals surface area (Å²) in [7, 11) is 0. The van der Waals surface area contributed by atoms with Crippen LogP contribution in [0, 0.1) is 20.6 Å². The molecule has 1 aromatic rings. The Bertz CT molecular complexity index is 375. The average Bonchev–Trinajstić information content (AvgIpc) is 2.07. The lowest BCUT2D eigenvalue weighted by atomic mass is 10.1. The number of halogens is 1. The van der Waals surface area contributed by atoms with Crippen LogP contribution in [0.25, 0.3) is 0 Å². The van der Waals surface area contributed by atoms with E-state index >= 15 is 0 Å². The summed E-state index contributed by atoms with van der Waals surface area (Å²) in [6.45, 7) is 3.07. The van der Waals surface area contributed by atoms with Crippen molar-refractivity contribution < 1.29 is 9.72 Å². The minimum atomic E-state index is -0.443. The summed E-state index contributed by atoms with van der Waals surface area (Å²) >= 11 is 1.93. The molecule has 0 spiro atoms. The minimum Gasteiger partial charge on any atom is -0.294 e. The Morgan fingerprint density at radius 2 is 2.07 bits per heavy atom. The van der Waals surface area contributed by atoms with Gasteiger partial charge in [-0.3, -0.25) is 14.9 Å². The molecule has 0 aromatic heterocycles. The number of nitrogens with zero attached hydrogens (tertiary/aromatic N) is 1. The van der Waals surface area contributed by atoms with Gasteiger partial charge in [0.25, 0.3) is 5.69 Å². The van der Waals surface area contributed by atoms with Gasteiger partial charge in [0.15, 0.2) is 5.78 Å². The Labute approximate surface area is 94.6 Å². The fourth-order valence-corrected chi connectivity index (χ4v) is 1.97. The number of hydrogen-bond donors (Lipinski definition) is 0. The molecule has 4 nitrogen and oxygen atoms in total. The van der Waals surface area contributed by atoms with Gasteiger partial charge in [-0.15, -0.1) is 0 Å². The van der Waals surface area contributed by atoms with Crippen molar-refractivity contribution >= 4 is 34.1 Å². The lowest BCUT2D eigenvalue weighted by Crippen LogP contribution is -2.00. The van der Waals surface area contributed by atoms with Crippen LogP contribution < -0.4 is 0 Å². The fourth-order valence-electron chi connectivity index (χ4n) is 1.14. The molecule has 0 amide bonds. The first-order valence-electron chi connectivity index (χ1n) is 3.89. The monoisotopic (exact) mass is 305 g/mol. The molecule has 0 saturated carbocycles. The number of carbonyl (C=O) groups excluding carboxylic acids is 1. The Kier molecular flexibility index (Phi) is 3.20. The third-order valence-corrected chi connectivity index (χ3v) is 2.75. The van der Waals surface area contributed by atoms with Crippen LogP contribution in [0.15, 0.2) is 12.1 Å². The van der Waals surface area contributed by atoms with Gasteiger partial charge < -0.3 is 0 Å². The molecule has 5 heteroatoms. The number of ketones is 1. The van der Waals surface area contributed by atoms with Crippen molar-refractivity contribution in [3.8, 4) is 0 Å². The van der Waals surface area contributed by atoms with E-state index in [1.807, 2.05) is 22.6 Å². The SMILES string of the molecule is CC(=O)c1cc(C)c([N+](=O)[O-])cc1I.